The van der Waals surface area contributed by atoms with Crippen LogP contribution >= 0.6 is 0 Å². The fourth-order valence-electron chi connectivity index (χ4n) is 1.32. The molecule has 1 aromatic rings. The number of nitrogens with one attached hydrogen (secondary N) is 1. The number of halogens is 1. The molecule has 0 unspecified atom stereocenters. The zero-order valence-corrected chi connectivity index (χ0v) is 9.00. The molecule has 0 aliphatic carbocycles. The molecule has 16 heavy (non-hydrogen) atoms. The van der Waals surface area contributed by atoms with Gasteiger partial charge in [-0.1, -0.05) is 0 Å². The highest BCUT2D eigenvalue weighted by Gasteiger charge is 2.09. The lowest BCUT2D eigenvalue weighted by atomic mass is 10.1. The largest absolute Gasteiger partial charge is 0.496 e. The topological polar surface area (TPSA) is 58.6 Å². The molecule has 0 atom stereocenters. The first-order valence-electron chi connectivity index (χ1n) is 4.87. The van der Waals surface area contributed by atoms with Crippen molar-refractivity contribution in [3.8, 4) is 5.75 Å². The predicted molar refractivity (Wildman–Crippen MR) is 56.8 cm³/mol. The molecule has 5 heteroatoms. The molecule has 0 aliphatic rings. The summed E-state index contributed by atoms with van der Waals surface area (Å²) < 4.78 is 18.0. The fourth-order valence-corrected chi connectivity index (χ4v) is 1.32. The van der Waals surface area contributed by atoms with Crippen LogP contribution in [0.1, 0.15) is 5.56 Å². The lowest BCUT2D eigenvalue weighted by Crippen LogP contribution is -2.28. The second kappa shape index (κ2) is 6.07. The SMILES string of the molecule is COc1ccc(F)cc1CC(=O)NCCO. The Balaban J connectivity index is 2.71. The van der Waals surface area contributed by atoms with E-state index < -0.39 is 5.82 Å². The molecule has 0 heterocycles. The molecule has 0 radical (unpaired) electrons. The summed E-state index contributed by atoms with van der Waals surface area (Å²) in [5.74, 6) is -0.218. The number of methoxy groups -OCH3 is 1. The molecular formula is C11H14FNO3. The Kier molecular flexibility index (Phi) is 4.72. The minimum Gasteiger partial charge on any atom is -0.496 e. The highest BCUT2D eigenvalue weighted by molar-refractivity contribution is 5.79. The maximum Gasteiger partial charge on any atom is 0.224 e. The molecule has 0 saturated heterocycles. The van der Waals surface area contributed by atoms with Crippen molar-refractivity contribution in [1.82, 2.24) is 5.32 Å². The van der Waals surface area contributed by atoms with Crippen molar-refractivity contribution in [3.05, 3.63) is 29.6 Å². The smallest absolute Gasteiger partial charge is 0.224 e. The summed E-state index contributed by atoms with van der Waals surface area (Å²) in [5.41, 5.74) is 0.484. The molecule has 1 rings (SSSR count). The first-order chi connectivity index (χ1) is 7.67. The molecule has 0 fully saturated rings. The third kappa shape index (κ3) is 3.51. The van der Waals surface area contributed by atoms with Gasteiger partial charge in [-0.3, -0.25) is 4.79 Å². The van der Waals surface area contributed by atoms with Gasteiger partial charge in [-0.25, -0.2) is 4.39 Å². The molecule has 2 N–H and O–H groups in total. The fraction of sp³-hybridized carbons (Fsp3) is 0.364. The Morgan fingerprint density at radius 1 is 1.56 bits per heavy atom. The summed E-state index contributed by atoms with van der Waals surface area (Å²) >= 11 is 0. The molecular weight excluding hydrogens is 213 g/mol. The second-order valence-electron chi connectivity index (χ2n) is 3.21. The molecule has 0 bridgehead atoms. The number of rotatable bonds is 5. The number of aliphatic hydroxyl groups is 1. The number of hydrogen-bond donors (Lipinski definition) is 2. The Morgan fingerprint density at radius 2 is 2.31 bits per heavy atom. The average molecular weight is 227 g/mol. The lowest BCUT2D eigenvalue weighted by molar-refractivity contribution is -0.120. The van der Waals surface area contributed by atoms with Gasteiger partial charge < -0.3 is 15.2 Å². The monoisotopic (exact) mass is 227 g/mol. The van der Waals surface area contributed by atoms with Crippen LogP contribution in [-0.2, 0) is 11.2 Å². The van der Waals surface area contributed by atoms with Crippen LogP contribution in [0.2, 0.25) is 0 Å². The summed E-state index contributed by atoms with van der Waals surface area (Å²) in [6, 6.07) is 4.01. The number of carbonyl (C=O) groups is 1. The average Bonchev–Trinajstić information content (AvgIpc) is 2.27. The molecule has 88 valence electrons. The summed E-state index contributed by atoms with van der Waals surface area (Å²) in [6.45, 7) is 0.0719. The molecule has 4 nitrogen and oxygen atoms in total. The van der Waals surface area contributed by atoms with Gasteiger partial charge in [0.2, 0.25) is 5.91 Å². The standard InChI is InChI=1S/C11H14FNO3/c1-16-10-3-2-9(12)6-8(10)7-11(15)13-4-5-14/h2-3,6,14H,4-5,7H2,1H3,(H,13,15). The molecule has 0 aliphatic heterocycles. The van der Waals surface area contributed by atoms with E-state index in [0.29, 0.717) is 11.3 Å². The first kappa shape index (κ1) is 12.4. The van der Waals surface area contributed by atoms with Gasteiger partial charge in [0.25, 0.3) is 0 Å². The lowest BCUT2D eigenvalue weighted by Gasteiger charge is -2.08. The number of hydrogen-bond acceptors (Lipinski definition) is 3. The van der Waals surface area contributed by atoms with Crippen LogP contribution in [0.15, 0.2) is 18.2 Å². The summed E-state index contributed by atoms with van der Waals surface area (Å²) in [6.07, 6.45) is 0.0287. The van der Waals surface area contributed by atoms with E-state index in [-0.39, 0.29) is 25.5 Å². The zero-order chi connectivity index (χ0) is 12.0. The van der Waals surface area contributed by atoms with E-state index in [4.69, 9.17) is 9.84 Å². The van der Waals surface area contributed by atoms with Crippen LogP contribution < -0.4 is 10.1 Å². The van der Waals surface area contributed by atoms with Crippen molar-refractivity contribution in [2.24, 2.45) is 0 Å². The highest BCUT2D eigenvalue weighted by Crippen LogP contribution is 2.19. The van der Waals surface area contributed by atoms with Crippen molar-refractivity contribution in [2.75, 3.05) is 20.3 Å². The van der Waals surface area contributed by atoms with Crippen LogP contribution in [-0.4, -0.2) is 31.3 Å². The number of carbonyl (C=O) groups excluding carboxylic acids is 1. The van der Waals surface area contributed by atoms with Gasteiger partial charge in [-0.15, -0.1) is 0 Å². The highest BCUT2D eigenvalue weighted by atomic mass is 19.1. The van der Waals surface area contributed by atoms with Crippen molar-refractivity contribution >= 4 is 5.91 Å². The van der Waals surface area contributed by atoms with Crippen LogP contribution in [0, 0.1) is 5.82 Å². The number of amides is 1. The van der Waals surface area contributed by atoms with Gasteiger partial charge in [-0.05, 0) is 18.2 Å². The number of ether oxygens (including phenoxy) is 1. The maximum atomic E-state index is 13.0. The third-order valence-corrected chi connectivity index (χ3v) is 2.03. The van der Waals surface area contributed by atoms with E-state index in [0.717, 1.165) is 0 Å². The van der Waals surface area contributed by atoms with Gasteiger partial charge in [-0.2, -0.15) is 0 Å². The van der Waals surface area contributed by atoms with Gasteiger partial charge >= 0.3 is 0 Å². The molecule has 0 spiro atoms. The van der Waals surface area contributed by atoms with E-state index in [1.165, 1.54) is 25.3 Å². The van der Waals surface area contributed by atoms with E-state index in [2.05, 4.69) is 5.32 Å². The van der Waals surface area contributed by atoms with Crippen LogP contribution in [0.25, 0.3) is 0 Å². The Morgan fingerprint density at radius 3 is 2.94 bits per heavy atom. The van der Waals surface area contributed by atoms with Crippen LogP contribution in [0.5, 0.6) is 5.75 Å². The van der Waals surface area contributed by atoms with Crippen molar-refractivity contribution < 1.29 is 19.0 Å². The Bertz CT molecular complexity index is 368. The Hall–Kier alpha value is -1.62. The predicted octanol–water partition coefficient (Wildman–Crippen LogP) is 0.485. The molecule has 1 amide bonds. The van der Waals surface area contributed by atoms with Crippen molar-refractivity contribution in [3.63, 3.8) is 0 Å². The van der Waals surface area contributed by atoms with Gasteiger partial charge in [0.1, 0.15) is 11.6 Å². The third-order valence-electron chi connectivity index (χ3n) is 2.03. The molecule has 0 aromatic heterocycles. The summed E-state index contributed by atoms with van der Waals surface area (Å²) in [4.78, 5) is 11.4. The molecule has 0 saturated carbocycles. The zero-order valence-electron chi connectivity index (χ0n) is 9.00. The van der Waals surface area contributed by atoms with E-state index >= 15 is 0 Å². The molecule has 1 aromatic carbocycles. The normalized spacial score (nSPS) is 9.94. The summed E-state index contributed by atoms with van der Waals surface area (Å²) in [5, 5.41) is 11.0. The van der Waals surface area contributed by atoms with E-state index in [1.807, 2.05) is 0 Å². The quantitative estimate of drug-likeness (QED) is 0.769. The minimum atomic E-state index is -0.411. The van der Waals surface area contributed by atoms with Crippen LogP contribution in [0.4, 0.5) is 4.39 Å². The van der Waals surface area contributed by atoms with E-state index in [9.17, 15) is 9.18 Å². The summed E-state index contributed by atoms with van der Waals surface area (Å²) in [7, 11) is 1.46. The van der Waals surface area contributed by atoms with Crippen molar-refractivity contribution in [2.45, 2.75) is 6.42 Å². The van der Waals surface area contributed by atoms with Crippen LogP contribution in [0.3, 0.4) is 0 Å². The number of benzene rings is 1. The first-order valence-corrected chi connectivity index (χ1v) is 4.87. The van der Waals surface area contributed by atoms with Crippen molar-refractivity contribution in [1.29, 1.82) is 0 Å². The number of aliphatic hydroxyl groups excluding tert-OH is 1. The van der Waals surface area contributed by atoms with Gasteiger partial charge in [0, 0.05) is 12.1 Å². The maximum absolute atomic E-state index is 13.0. The minimum absolute atomic E-state index is 0.0287. The van der Waals surface area contributed by atoms with Gasteiger partial charge in [0.05, 0.1) is 20.1 Å². The van der Waals surface area contributed by atoms with Gasteiger partial charge in [0.15, 0.2) is 0 Å². The Labute approximate surface area is 93.0 Å². The van der Waals surface area contributed by atoms with E-state index in [1.54, 1.807) is 0 Å². The second-order valence-corrected chi connectivity index (χ2v) is 3.21.